The maximum Gasteiger partial charge on any atom is 0.00720 e. The first kappa shape index (κ1) is 17.3. The third kappa shape index (κ3) is 6.69. The van der Waals surface area contributed by atoms with E-state index in [0.29, 0.717) is 12.1 Å². The van der Waals surface area contributed by atoms with Crippen LogP contribution in [0, 0.1) is 5.92 Å². The fourth-order valence-electron chi connectivity index (χ4n) is 4.54. The van der Waals surface area contributed by atoms with Crippen LogP contribution < -0.4 is 10.6 Å². The van der Waals surface area contributed by atoms with Crippen LogP contribution in [0.3, 0.4) is 0 Å². The summed E-state index contributed by atoms with van der Waals surface area (Å²) in [6.07, 6.45) is 15.6. The molecule has 2 fully saturated rings. The highest BCUT2D eigenvalue weighted by Gasteiger charge is 2.24. The predicted molar refractivity (Wildman–Crippen MR) is 92.7 cm³/mol. The minimum atomic E-state index is 0.635. The molecule has 0 radical (unpaired) electrons. The summed E-state index contributed by atoms with van der Waals surface area (Å²) in [7, 11) is 0. The van der Waals surface area contributed by atoms with Gasteiger partial charge in [-0.05, 0) is 44.9 Å². The molecule has 0 aromatic heterocycles. The molecule has 0 amide bonds. The lowest BCUT2D eigenvalue weighted by Gasteiger charge is -2.33. The summed E-state index contributed by atoms with van der Waals surface area (Å²) in [6.45, 7) is 6.98. The van der Waals surface area contributed by atoms with E-state index in [-0.39, 0.29) is 0 Å². The highest BCUT2D eigenvalue weighted by Crippen LogP contribution is 2.28. The minimum Gasteiger partial charge on any atom is -0.312 e. The SMILES string of the molecule is CC(C)NC1CCCC(CC(C)NC2CCCCCC2)C1. The van der Waals surface area contributed by atoms with Gasteiger partial charge in [0.2, 0.25) is 0 Å². The molecular formula is C19H38N2. The maximum atomic E-state index is 3.94. The Morgan fingerprint density at radius 2 is 1.43 bits per heavy atom. The molecule has 2 rings (SSSR count). The Labute approximate surface area is 132 Å². The molecule has 3 atom stereocenters. The van der Waals surface area contributed by atoms with Gasteiger partial charge in [0.25, 0.3) is 0 Å². The van der Waals surface area contributed by atoms with Crippen molar-refractivity contribution in [2.45, 2.75) is 116 Å². The minimum absolute atomic E-state index is 0.635. The molecule has 0 aliphatic heterocycles. The zero-order valence-corrected chi connectivity index (χ0v) is 14.7. The Bertz CT molecular complexity index is 269. The summed E-state index contributed by atoms with van der Waals surface area (Å²) in [5.74, 6) is 0.934. The average molecular weight is 295 g/mol. The molecule has 0 bridgehead atoms. The first-order valence-electron chi connectivity index (χ1n) is 9.65. The molecule has 0 saturated heterocycles. The van der Waals surface area contributed by atoms with E-state index in [4.69, 9.17) is 0 Å². The van der Waals surface area contributed by atoms with Gasteiger partial charge in [-0.2, -0.15) is 0 Å². The van der Waals surface area contributed by atoms with Crippen molar-refractivity contribution in [2.75, 3.05) is 0 Å². The van der Waals surface area contributed by atoms with Gasteiger partial charge >= 0.3 is 0 Å². The Hall–Kier alpha value is -0.0800. The second kappa shape index (κ2) is 9.15. The lowest BCUT2D eigenvalue weighted by Crippen LogP contribution is -2.41. The summed E-state index contributed by atoms with van der Waals surface area (Å²) >= 11 is 0. The van der Waals surface area contributed by atoms with E-state index >= 15 is 0 Å². The van der Waals surface area contributed by atoms with Crippen LogP contribution in [-0.2, 0) is 0 Å². The second-order valence-corrected chi connectivity index (χ2v) is 8.04. The van der Waals surface area contributed by atoms with Crippen molar-refractivity contribution in [1.82, 2.24) is 10.6 Å². The van der Waals surface area contributed by atoms with Gasteiger partial charge < -0.3 is 10.6 Å². The van der Waals surface area contributed by atoms with Gasteiger partial charge in [0, 0.05) is 24.2 Å². The fourth-order valence-corrected chi connectivity index (χ4v) is 4.54. The van der Waals surface area contributed by atoms with Gasteiger partial charge in [0.15, 0.2) is 0 Å². The summed E-state index contributed by atoms with van der Waals surface area (Å²) in [6, 6.07) is 2.91. The van der Waals surface area contributed by atoms with Crippen molar-refractivity contribution in [1.29, 1.82) is 0 Å². The highest BCUT2D eigenvalue weighted by atomic mass is 15.0. The normalized spacial score (nSPS) is 30.3. The molecule has 2 heteroatoms. The summed E-state index contributed by atoms with van der Waals surface area (Å²) in [5.41, 5.74) is 0. The van der Waals surface area contributed by atoms with Crippen molar-refractivity contribution >= 4 is 0 Å². The molecular weight excluding hydrogens is 256 g/mol. The van der Waals surface area contributed by atoms with Crippen molar-refractivity contribution in [3.8, 4) is 0 Å². The van der Waals surface area contributed by atoms with Crippen molar-refractivity contribution in [2.24, 2.45) is 5.92 Å². The maximum absolute atomic E-state index is 3.94. The Morgan fingerprint density at radius 1 is 0.762 bits per heavy atom. The van der Waals surface area contributed by atoms with Gasteiger partial charge in [-0.25, -0.2) is 0 Å². The number of rotatable bonds is 6. The lowest BCUT2D eigenvalue weighted by molar-refractivity contribution is 0.239. The monoisotopic (exact) mass is 294 g/mol. The van der Waals surface area contributed by atoms with Crippen LogP contribution in [-0.4, -0.2) is 24.2 Å². The van der Waals surface area contributed by atoms with Crippen LogP contribution in [0.2, 0.25) is 0 Å². The van der Waals surface area contributed by atoms with Gasteiger partial charge in [-0.1, -0.05) is 52.4 Å². The average Bonchev–Trinajstić information content (AvgIpc) is 2.66. The Kier molecular flexibility index (Phi) is 7.53. The largest absolute Gasteiger partial charge is 0.312 e. The van der Waals surface area contributed by atoms with E-state index in [0.717, 1.165) is 18.0 Å². The summed E-state index contributed by atoms with van der Waals surface area (Å²) < 4.78 is 0. The van der Waals surface area contributed by atoms with E-state index in [1.54, 1.807) is 0 Å². The molecule has 21 heavy (non-hydrogen) atoms. The van der Waals surface area contributed by atoms with Crippen molar-refractivity contribution in [3.05, 3.63) is 0 Å². The van der Waals surface area contributed by atoms with E-state index < -0.39 is 0 Å². The molecule has 2 nitrogen and oxygen atoms in total. The highest BCUT2D eigenvalue weighted by molar-refractivity contribution is 4.82. The van der Waals surface area contributed by atoms with Gasteiger partial charge in [0.1, 0.15) is 0 Å². The van der Waals surface area contributed by atoms with Gasteiger partial charge in [0.05, 0.1) is 0 Å². The summed E-state index contributed by atoms with van der Waals surface area (Å²) in [5, 5.41) is 7.70. The standard InChI is InChI=1S/C19H38N2/c1-15(2)20-19-12-8-9-17(14-19)13-16(3)21-18-10-6-4-5-7-11-18/h15-21H,4-14H2,1-3H3. The third-order valence-corrected chi connectivity index (χ3v) is 5.41. The van der Waals surface area contributed by atoms with Crippen LogP contribution in [0.5, 0.6) is 0 Å². The van der Waals surface area contributed by atoms with E-state index in [1.165, 1.54) is 70.6 Å². The number of nitrogens with one attached hydrogen (secondary N) is 2. The van der Waals surface area contributed by atoms with Gasteiger partial charge in [-0.3, -0.25) is 0 Å². The zero-order chi connectivity index (χ0) is 15.1. The van der Waals surface area contributed by atoms with Gasteiger partial charge in [-0.15, -0.1) is 0 Å². The molecule has 2 saturated carbocycles. The van der Waals surface area contributed by atoms with Crippen LogP contribution in [0.25, 0.3) is 0 Å². The smallest absolute Gasteiger partial charge is 0.00720 e. The molecule has 3 unspecified atom stereocenters. The first-order valence-corrected chi connectivity index (χ1v) is 9.65. The molecule has 2 N–H and O–H groups in total. The third-order valence-electron chi connectivity index (χ3n) is 5.41. The van der Waals surface area contributed by atoms with E-state index in [2.05, 4.69) is 31.4 Å². The molecule has 0 heterocycles. The second-order valence-electron chi connectivity index (χ2n) is 8.04. The van der Waals surface area contributed by atoms with Crippen LogP contribution in [0.4, 0.5) is 0 Å². The van der Waals surface area contributed by atoms with Crippen LogP contribution in [0.15, 0.2) is 0 Å². The molecule has 124 valence electrons. The number of hydrogen-bond acceptors (Lipinski definition) is 2. The Morgan fingerprint density at radius 3 is 2.10 bits per heavy atom. The van der Waals surface area contributed by atoms with Crippen LogP contribution >= 0.6 is 0 Å². The first-order chi connectivity index (χ1) is 10.1. The molecule has 2 aliphatic carbocycles. The molecule has 0 aromatic rings. The molecule has 2 aliphatic rings. The molecule has 0 aromatic carbocycles. The van der Waals surface area contributed by atoms with Crippen LogP contribution in [0.1, 0.15) is 91.4 Å². The molecule has 0 spiro atoms. The van der Waals surface area contributed by atoms with E-state index in [1.807, 2.05) is 0 Å². The van der Waals surface area contributed by atoms with E-state index in [9.17, 15) is 0 Å². The van der Waals surface area contributed by atoms with Crippen molar-refractivity contribution < 1.29 is 0 Å². The Balaban J connectivity index is 1.69. The van der Waals surface area contributed by atoms with Crippen molar-refractivity contribution in [3.63, 3.8) is 0 Å². The zero-order valence-electron chi connectivity index (χ0n) is 14.7. The lowest BCUT2D eigenvalue weighted by atomic mass is 9.82. The predicted octanol–water partition coefficient (Wildman–Crippen LogP) is 4.63. The quantitative estimate of drug-likeness (QED) is 0.698. The fraction of sp³-hybridized carbons (Fsp3) is 1.00. The topological polar surface area (TPSA) is 24.1 Å². The number of hydrogen-bond donors (Lipinski definition) is 2. The summed E-state index contributed by atoms with van der Waals surface area (Å²) in [4.78, 5) is 0.